The molecule has 1 heterocycles. The van der Waals surface area contributed by atoms with Crippen molar-refractivity contribution in [2.24, 2.45) is 4.99 Å². The lowest BCUT2D eigenvalue weighted by Gasteiger charge is -2.18. The van der Waals surface area contributed by atoms with Crippen LogP contribution in [0, 0.1) is 0 Å². The van der Waals surface area contributed by atoms with E-state index in [0.29, 0.717) is 23.4 Å². The van der Waals surface area contributed by atoms with Gasteiger partial charge in [0, 0.05) is 13.1 Å². The van der Waals surface area contributed by atoms with Crippen molar-refractivity contribution in [3.63, 3.8) is 0 Å². The van der Waals surface area contributed by atoms with Gasteiger partial charge in [-0.3, -0.25) is 4.99 Å². The standard InChI is InChI=1S/C17H23ClN4O2S2/c1-3-19-17(22-13(2)14-7-5-4-6-8-14)20-11-12-21-26(23,24)16-10-9-15(18)25-16/h4-10,13,21H,3,11-12H2,1-2H3,(H2,19,20,22). The molecule has 142 valence electrons. The number of halogens is 1. The fourth-order valence-corrected chi connectivity index (χ4v) is 4.76. The molecule has 0 aliphatic carbocycles. The molecule has 0 saturated carbocycles. The average molecular weight is 415 g/mol. The van der Waals surface area contributed by atoms with Gasteiger partial charge in [0.05, 0.1) is 16.9 Å². The molecule has 9 heteroatoms. The van der Waals surface area contributed by atoms with Gasteiger partial charge in [0.25, 0.3) is 0 Å². The molecule has 1 aromatic heterocycles. The molecule has 1 unspecified atom stereocenters. The number of nitrogens with zero attached hydrogens (tertiary/aromatic N) is 1. The first kappa shape index (κ1) is 20.7. The number of aliphatic imine (C=N–C) groups is 1. The molecular formula is C17H23ClN4O2S2. The zero-order chi connectivity index (χ0) is 19.0. The molecule has 0 amide bonds. The second-order valence-electron chi connectivity index (χ2n) is 5.49. The molecular weight excluding hydrogens is 392 g/mol. The van der Waals surface area contributed by atoms with Crippen LogP contribution in [-0.4, -0.2) is 34.0 Å². The molecule has 0 bridgehead atoms. The Morgan fingerprint density at radius 1 is 1.23 bits per heavy atom. The third-order valence-corrected chi connectivity index (χ3v) is 6.67. The van der Waals surface area contributed by atoms with Crippen molar-refractivity contribution in [2.75, 3.05) is 19.6 Å². The first-order valence-corrected chi connectivity index (χ1v) is 10.9. The molecule has 26 heavy (non-hydrogen) atoms. The molecule has 0 fully saturated rings. The normalized spacial score (nSPS) is 13.4. The van der Waals surface area contributed by atoms with E-state index < -0.39 is 10.0 Å². The molecule has 2 aromatic rings. The van der Waals surface area contributed by atoms with E-state index in [9.17, 15) is 8.42 Å². The maximum atomic E-state index is 12.1. The van der Waals surface area contributed by atoms with Crippen molar-refractivity contribution < 1.29 is 8.42 Å². The van der Waals surface area contributed by atoms with Gasteiger partial charge in [-0.05, 0) is 31.5 Å². The fraction of sp³-hybridized carbons (Fsp3) is 0.353. The Morgan fingerprint density at radius 3 is 2.58 bits per heavy atom. The van der Waals surface area contributed by atoms with Crippen LogP contribution in [0.15, 0.2) is 51.7 Å². The van der Waals surface area contributed by atoms with Gasteiger partial charge in [0.1, 0.15) is 4.21 Å². The molecule has 2 rings (SSSR count). The van der Waals surface area contributed by atoms with Crippen molar-refractivity contribution in [3.05, 3.63) is 52.4 Å². The van der Waals surface area contributed by atoms with Crippen LogP contribution in [0.3, 0.4) is 0 Å². The Morgan fingerprint density at radius 2 is 1.96 bits per heavy atom. The first-order valence-electron chi connectivity index (χ1n) is 8.27. The monoisotopic (exact) mass is 414 g/mol. The lowest BCUT2D eigenvalue weighted by molar-refractivity contribution is 0.584. The highest BCUT2D eigenvalue weighted by Crippen LogP contribution is 2.25. The summed E-state index contributed by atoms with van der Waals surface area (Å²) in [5, 5.41) is 6.48. The van der Waals surface area contributed by atoms with Gasteiger partial charge in [-0.1, -0.05) is 41.9 Å². The molecule has 0 spiro atoms. The first-order chi connectivity index (χ1) is 12.4. The predicted molar refractivity (Wildman–Crippen MR) is 108 cm³/mol. The van der Waals surface area contributed by atoms with Gasteiger partial charge < -0.3 is 10.6 Å². The van der Waals surface area contributed by atoms with E-state index in [1.807, 2.05) is 44.2 Å². The van der Waals surface area contributed by atoms with E-state index in [1.54, 1.807) is 6.07 Å². The van der Waals surface area contributed by atoms with Gasteiger partial charge >= 0.3 is 0 Å². The van der Waals surface area contributed by atoms with Crippen molar-refractivity contribution in [3.8, 4) is 0 Å². The fourth-order valence-electron chi connectivity index (χ4n) is 2.21. The molecule has 0 radical (unpaired) electrons. The maximum Gasteiger partial charge on any atom is 0.250 e. The zero-order valence-electron chi connectivity index (χ0n) is 14.7. The summed E-state index contributed by atoms with van der Waals surface area (Å²) in [6.07, 6.45) is 0. The van der Waals surface area contributed by atoms with Crippen LogP contribution in [0.5, 0.6) is 0 Å². The molecule has 6 nitrogen and oxygen atoms in total. The van der Waals surface area contributed by atoms with Crippen LogP contribution in [0.1, 0.15) is 25.5 Å². The Labute approximate surface area is 163 Å². The lowest BCUT2D eigenvalue weighted by atomic mass is 10.1. The summed E-state index contributed by atoms with van der Waals surface area (Å²) < 4.78 is 27.5. The smallest absolute Gasteiger partial charge is 0.250 e. The lowest BCUT2D eigenvalue weighted by Crippen LogP contribution is -2.39. The van der Waals surface area contributed by atoms with E-state index in [2.05, 4.69) is 20.3 Å². The average Bonchev–Trinajstić information content (AvgIpc) is 3.07. The topological polar surface area (TPSA) is 82.6 Å². The number of hydrogen-bond acceptors (Lipinski definition) is 4. The second-order valence-corrected chi connectivity index (χ2v) is 9.20. The number of sulfonamides is 1. The minimum atomic E-state index is -3.54. The Balaban J connectivity index is 1.90. The van der Waals surface area contributed by atoms with Crippen LogP contribution in [0.4, 0.5) is 0 Å². The minimum absolute atomic E-state index is 0.0824. The summed E-state index contributed by atoms with van der Waals surface area (Å²) in [6.45, 7) is 5.26. The van der Waals surface area contributed by atoms with Gasteiger partial charge in [0.2, 0.25) is 10.0 Å². The van der Waals surface area contributed by atoms with E-state index in [4.69, 9.17) is 11.6 Å². The molecule has 0 saturated heterocycles. The highest BCUT2D eigenvalue weighted by atomic mass is 35.5. The number of hydrogen-bond donors (Lipinski definition) is 3. The number of guanidine groups is 1. The summed E-state index contributed by atoms with van der Waals surface area (Å²) in [4.78, 5) is 4.43. The maximum absolute atomic E-state index is 12.1. The van der Waals surface area contributed by atoms with Crippen LogP contribution in [0.25, 0.3) is 0 Å². The number of nitrogens with one attached hydrogen (secondary N) is 3. The highest BCUT2D eigenvalue weighted by molar-refractivity contribution is 7.91. The van der Waals surface area contributed by atoms with E-state index in [1.165, 1.54) is 6.07 Å². The van der Waals surface area contributed by atoms with Gasteiger partial charge in [-0.2, -0.15) is 0 Å². The number of thiophene rings is 1. The SMILES string of the molecule is CCNC(=NCCNS(=O)(=O)c1ccc(Cl)s1)NC(C)c1ccccc1. The quantitative estimate of drug-likeness (QED) is 0.352. The van der Waals surface area contributed by atoms with Crippen LogP contribution in [0.2, 0.25) is 4.34 Å². The van der Waals surface area contributed by atoms with E-state index >= 15 is 0 Å². The van der Waals surface area contributed by atoms with Crippen LogP contribution < -0.4 is 15.4 Å². The summed E-state index contributed by atoms with van der Waals surface area (Å²) in [7, 11) is -3.54. The van der Waals surface area contributed by atoms with E-state index in [-0.39, 0.29) is 16.8 Å². The summed E-state index contributed by atoms with van der Waals surface area (Å²) in [5.41, 5.74) is 1.15. The minimum Gasteiger partial charge on any atom is -0.357 e. The molecule has 0 aliphatic heterocycles. The summed E-state index contributed by atoms with van der Waals surface area (Å²) >= 11 is 6.82. The van der Waals surface area contributed by atoms with Crippen LogP contribution >= 0.6 is 22.9 Å². The van der Waals surface area contributed by atoms with Gasteiger partial charge in [-0.15, -0.1) is 11.3 Å². The van der Waals surface area contributed by atoms with E-state index in [0.717, 1.165) is 16.9 Å². The van der Waals surface area contributed by atoms with Gasteiger partial charge in [-0.25, -0.2) is 13.1 Å². The molecule has 1 aromatic carbocycles. The largest absolute Gasteiger partial charge is 0.357 e. The Bertz CT molecular complexity index is 822. The van der Waals surface area contributed by atoms with Crippen LogP contribution in [-0.2, 0) is 10.0 Å². The van der Waals surface area contributed by atoms with Crippen molar-refractivity contribution in [1.82, 2.24) is 15.4 Å². The summed E-state index contributed by atoms with van der Waals surface area (Å²) in [5.74, 6) is 0.641. The molecule has 0 aliphatic rings. The molecule has 3 N–H and O–H groups in total. The predicted octanol–water partition coefficient (Wildman–Crippen LogP) is 3.00. The van der Waals surface area contributed by atoms with Crippen molar-refractivity contribution in [1.29, 1.82) is 0 Å². The third kappa shape index (κ3) is 6.28. The number of rotatable bonds is 8. The van der Waals surface area contributed by atoms with Crippen molar-refractivity contribution >= 4 is 38.9 Å². The Kier molecular flexibility index (Phi) is 7.89. The Hall–Kier alpha value is -1.61. The van der Waals surface area contributed by atoms with Gasteiger partial charge in [0.15, 0.2) is 5.96 Å². The third-order valence-electron chi connectivity index (χ3n) is 3.48. The van der Waals surface area contributed by atoms with Crippen molar-refractivity contribution in [2.45, 2.75) is 24.1 Å². The zero-order valence-corrected chi connectivity index (χ0v) is 17.1. The highest BCUT2D eigenvalue weighted by Gasteiger charge is 2.15. The molecule has 1 atom stereocenters. The summed E-state index contributed by atoms with van der Waals surface area (Å²) in [6, 6.07) is 13.2. The number of benzene rings is 1. The second kappa shape index (κ2) is 9.91.